The largest absolute Gasteiger partial charge is 0.316 e. The van der Waals surface area contributed by atoms with Crippen molar-refractivity contribution in [3.8, 4) is 0 Å². The number of hydrogen-bond acceptors (Lipinski definition) is 3. The number of benzene rings is 1. The van der Waals surface area contributed by atoms with Crippen LogP contribution >= 0.6 is 28.3 Å². The van der Waals surface area contributed by atoms with Crippen LogP contribution in [0, 0.1) is 11.6 Å². The minimum atomic E-state index is -4.00. The second-order valence-electron chi connectivity index (χ2n) is 3.74. The zero-order valence-electron chi connectivity index (χ0n) is 10.2. The molecule has 2 N–H and O–H groups in total. The highest BCUT2D eigenvalue weighted by Gasteiger charge is 2.21. The van der Waals surface area contributed by atoms with E-state index < -0.39 is 26.6 Å². The number of sulfonamides is 1. The minimum absolute atomic E-state index is 0. The second kappa shape index (κ2) is 7.49. The molecule has 0 heterocycles. The zero-order chi connectivity index (χ0) is 13.9. The van der Waals surface area contributed by atoms with Gasteiger partial charge < -0.3 is 5.32 Å². The van der Waals surface area contributed by atoms with Crippen molar-refractivity contribution in [2.24, 2.45) is 0 Å². The predicted molar refractivity (Wildman–Crippen MR) is 75.0 cm³/mol. The lowest BCUT2D eigenvalue weighted by atomic mass is 10.3. The van der Waals surface area contributed by atoms with Crippen molar-refractivity contribution in [1.29, 1.82) is 0 Å². The maximum atomic E-state index is 13.4. The number of nitrogens with one attached hydrogen (secondary N) is 2. The lowest BCUT2D eigenvalue weighted by Gasteiger charge is -2.12. The summed E-state index contributed by atoms with van der Waals surface area (Å²) in [6, 6.07) is 1.32. The standard InChI is InChI=1S/C10H13BrF2N2O2S.ClH/c1-6(14-2)5-15-18(16,17)10-3-7(11)8(12)4-9(10)13;/h3-4,6,14-15H,5H2,1-2H3;1H. The summed E-state index contributed by atoms with van der Waals surface area (Å²) >= 11 is 2.82. The number of likely N-dealkylation sites (N-methyl/N-ethyl adjacent to an activating group) is 1. The molecule has 0 saturated carbocycles. The molecular formula is C10H14BrClF2N2O2S. The van der Waals surface area contributed by atoms with Crippen LogP contribution in [0.15, 0.2) is 21.5 Å². The van der Waals surface area contributed by atoms with Crippen molar-refractivity contribution in [2.45, 2.75) is 17.9 Å². The summed E-state index contributed by atoms with van der Waals surface area (Å²) in [6.07, 6.45) is 0. The monoisotopic (exact) mass is 378 g/mol. The van der Waals surface area contributed by atoms with E-state index in [2.05, 4.69) is 26.0 Å². The molecule has 9 heteroatoms. The van der Waals surface area contributed by atoms with Gasteiger partial charge in [-0.2, -0.15) is 0 Å². The molecule has 0 aromatic heterocycles. The van der Waals surface area contributed by atoms with Gasteiger partial charge in [0.25, 0.3) is 0 Å². The van der Waals surface area contributed by atoms with Gasteiger partial charge in [0.15, 0.2) is 0 Å². The third-order valence-corrected chi connectivity index (χ3v) is 4.38. The third kappa shape index (κ3) is 4.96. The molecule has 0 radical (unpaired) electrons. The Bertz CT molecular complexity index is 543. The highest BCUT2D eigenvalue weighted by atomic mass is 79.9. The van der Waals surface area contributed by atoms with E-state index in [1.807, 2.05) is 0 Å². The molecular weight excluding hydrogens is 366 g/mol. The molecule has 0 spiro atoms. The third-order valence-electron chi connectivity index (χ3n) is 2.34. The van der Waals surface area contributed by atoms with Crippen LogP contribution in [0.4, 0.5) is 8.78 Å². The summed E-state index contributed by atoms with van der Waals surface area (Å²) in [5, 5.41) is 2.83. The van der Waals surface area contributed by atoms with E-state index in [0.29, 0.717) is 6.07 Å². The average molecular weight is 380 g/mol. The van der Waals surface area contributed by atoms with E-state index in [0.717, 1.165) is 6.07 Å². The van der Waals surface area contributed by atoms with E-state index in [-0.39, 0.29) is 29.5 Å². The lowest BCUT2D eigenvalue weighted by molar-refractivity contribution is 0.531. The van der Waals surface area contributed by atoms with Gasteiger partial charge in [0.2, 0.25) is 10.0 Å². The van der Waals surface area contributed by atoms with Crippen molar-refractivity contribution in [3.05, 3.63) is 28.2 Å². The molecule has 1 atom stereocenters. The molecule has 0 aliphatic rings. The van der Waals surface area contributed by atoms with Gasteiger partial charge in [-0.1, -0.05) is 0 Å². The lowest BCUT2D eigenvalue weighted by Crippen LogP contribution is -2.37. The van der Waals surface area contributed by atoms with Crippen LogP contribution in [0.3, 0.4) is 0 Å². The SMILES string of the molecule is CNC(C)CNS(=O)(=O)c1cc(Br)c(F)cc1F.Cl. The van der Waals surface area contributed by atoms with Gasteiger partial charge in [-0.3, -0.25) is 0 Å². The van der Waals surface area contributed by atoms with Crippen molar-refractivity contribution in [2.75, 3.05) is 13.6 Å². The molecule has 4 nitrogen and oxygen atoms in total. The van der Waals surface area contributed by atoms with E-state index in [4.69, 9.17) is 0 Å². The Labute approximate surface area is 125 Å². The molecule has 0 saturated heterocycles. The Morgan fingerprint density at radius 2 is 1.89 bits per heavy atom. The van der Waals surface area contributed by atoms with Crippen molar-refractivity contribution < 1.29 is 17.2 Å². The first kappa shape index (κ1) is 18.7. The second-order valence-corrected chi connectivity index (χ2v) is 6.33. The summed E-state index contributed by atoms with van der Waals surface area (Å²) in [7, 11) is -2.32. The molecule has 110 valence electrons. The molecule has 0 fully saturated rings. The molecule has 0 aliphatic carbocycles. The Kier molecular flexibility index (Phi) is 7.38. The van der Waals surface area contributed by atoms with Crippen LogP contribution in [-0.2, 0) is 10.0 Å². The Morgan fingerprint density at radius 3 is 2.42 bits per heavy atom. The highest BCUT2D eigenvalue weighted by molar-refractivity contribution is 9.10. The van der Waals surface area contributed by atoms with Gasteiger partial charge in [-0.05, 0) is 36.0 Å². The summed E-state index contributed by atoms with van der Waals surface area (Å²) in [6.45, 7) is 1.87. The molecule has 0 amide bonds. The van der Waals surface area contributed by atoms with Gasteiger partial charge in [-0.15, -0.1) is 12.4 Å². The minimum Gasteiger partial charge on any atom is -0.316 e. The maximum Gasteiger partial charge on any atom is 0.243 e. The van der Waals surface area contributed by atoms with Gasteiger partial charge in [-0.25, -0.2) is 21.9 Å². The number of halogens is 4. The van der Waals surface area contributed by atoms with Crippen LogP contribution in [0.2, 0.25) is 0 Å². The molecule has 1 aromatic rings. The molecule has 19 heavy (non-hydrogen) atoms. The molecule has 1 unspecified atom stereocenters. The average Bonchev–Trinajstić information content (AvgIpc) is 2.30. The van der Waals surface area contributed by atoms with E-state index in [1.165, 1.54) is 0 Å². The summed E-state index contributed by atoms with van der Waals surface area (Å²) in [4.78, 5) is -0.584. The van der Waals surface area contributed by atoms with Crippen molar-refractivity contribution in [1.82, 2.24) is 10.0 Å². The fraction of sp³-hybridized carbons (Fsp3) is 0.400. The van der Waals surface area contributed by atoms with Gasteiger partial charge >= 0.3 is 0 Å². The normalized spacial score (nSPS) is 12.9. The van der Waals surface area contributed by atoms with Gasteiger partial charge in [0, 0.05) is 18.7 Å². The molecule has 0 aliphatic heterocycles. The van der Waals surface area contributed by atoms with Crippen LogP contribution in [0.5, 0.6) is 0 Å². The Morgan fingerprint density at radius 1 is 1.32 bits per heavy atom. The summed E-state index contributed by atoms with van der Waals surface area (Å²) in [5.41, 5.74) is 0. The number of rotatable bonds is 5. The zero-order valence-corrected chi connectivity index (χ0v) is 13.4. The molecule has 1 aromatic carbocycles. The van der Waals surface area contributed by atoms with Crippen molar-refractivity contribution in [3.63, 3.8) is 0 Å². The fourth-order valence-corrected chi connectivity index (χ4v) is 2.83. The fourth-order valence-electron chi connectivity index (χ4n) is 1.12. The van der Waals surface area contributed by atoms with Crippen LogP contribution in [0.1, 0.15) is 6.92 Å². The topological polar surface area (TPSA) is 58.2 Å². The first-order valence-electron chi connectivity index (χ1n) is 5.09. The predicted octanol–water partition coefficient (Wildman–Crippen LogP) is 2.04. The quantitative estimate of drug-likeness (QED) is 0.770. The molecule has 1 rings (SSSR count). The van der Waals surface area contributed by atoms with Gasteiger partial charge in [0.1, 0.15) is 16.5 Å². The molecule has 0 bridgehead atoms. The van der Waals surface area contributed by atoms with Crippen LogP contribution in [0.25, 0.3) is 0 Å². The highest BCUT2D eigenvalue weighted by Crippen LogP contribution is 2.23. The Hall–Kier alpha value is -0.280. The number of hydrogen-bond donors (Lipinski definition) is 2. The van der Waals surface area contributed by atoms with E-state index in [9.17, 15) is 17.2 Å². The summed E-state index contributed by atoms with van der Waals surface area (Å²) < 4.78 is 52.2. The van der Waals surface area contributed by atoms with E-state index >= 15 is 0 Å². The summed E-state index contributed by atoms with van der Waals surface area (Å²) in [5.74, 6) is -1.98. The van der Waals surface area contributed by atoms with Crippen LogP contribution < -0.4 is 10.0 Å². The maximum absolute atomic E-state index is 13.4. The first-order valence-corrected chi connectivity index (χ1v) is 7.37. The first-order chi connectivity index (χ1) is 8.27. The Balaban J connectivity index is 0.00000324. The van der Waals surface area contributed by atoms with Crippen LogP contribution in [-0.4, -0.2) is 28.1 Å². The smallest absolute Gasteiger partial charge is 0.243 e. The van der Waals surface area contributed by atoms with Gasteiger partial charge in [0.05, 0.1) is 4.47 Å². The van der Waals surface area contributed by atoms with E-state index in [1.54, 1.807) is 14.0 Å². The van der Waals surface area contributed by atoms with Crippen molar-refractivity contribution >= 4 is 38.4 Å².